The summed E-state index contributed by atoms with van der Waals surface area (Å²) < 4.78 is 0. The molecule has 1 fully saturated rings. The lowest BCUT2D eigenvalue weighted by atomic mass is 9.75. The normalized spacial score (nSPS) is 30.3. The molecule has 0 spiro atoms. The van der Waals surface area contributed by atoms with E-state index in [0.29, 0.717) is 12.5 Å². The molecule has 1 aliphatic carbocycles. The minimum atomic E-state index is -0.598. The molecule has 88 valence electrons. The minimum absolute atomic E-state index is 0.396. The standard InChI is InChI=1S/C14H21NO/c1-11-4-2-3-5-13(11)12-6-8-14(16,10-15)9-7-12/h2-5,12,16H,6-10,15H2,1H3. The van der Waals surface area contributed by atoms with Gasteiger partial charge in [0.15, 0.2) is 0 Å². The maximum atomic E-state index is 10.1. The molecule has 0 aromatic heterocycles. The van der Waals surface area contributed by atoms with Crippen LogP contribution in [0.3, 0.4) is 0 Å². The first kappa shape index (κ1) is 11.6. The summed E-state index contributed by atoms with van der Waals surface area (Å²) in [5.74, 6) is 0.605. The van der Waals surface area contributed by atoms with Crippen LogP contribution in [-0.4, -0.2) is 17.3 Å². The van der Waals surface area contributed by atoms with E-state index >= 15 is 0 Å². The van der Waals surface area contributed by atoms with Gasteiger partial charge in [0.1, 0.15) is 0 Å². The van der Waals surface area contributed by atoms with E-state index in [4.69, 9.17) is 5.73 Å². The zero-order valence-electron chi connectivity index (χ0n) is 9.95. The second kappa shape index (κ2) is 4.56. The maximum absolute atomic E-state index is 10.1. The van der Waals surface area contributed by atoms with Crippen molar-refractivity contribution in [3.8, 4) is 0 Å². The zero-order chi connectivity index (χ0) is 11.6. The Morgan fingerprint density at radius 2 is 1.94 bits per heavy atom. The van der Waals surface area contributed by atoms with Gasteiger partial charge in [0, 0.05) is 6.54 Å². The van der Waals surface area contributed by atoms with Crippen LogP contribution >= 0.6 is 0 Å². The van der Waals surface area contributed by atoms with E-state index in [1.165, 1.54) is 11.1 Å². The van der Waals surface area contributed by atoms with E-state index in [-0.39, 0.29) is 0 Å². The van der Waals surface area contributed by atoms with Crippen LogP contribution in [0.2, 0.25) is 0 Å². The van der Waals surface area contributed by atoms with Crippen molar-refractivity contribution in [2.45, 2.75) is 44.1 Å². The Kier molecular flexibility index (Phi) is 3.31. The van der Waals surface area contributed by atoms with Gasteiger partial charge in [0.05, 0.1) is 5.60 Å². The summed E-state index contributed by atoms with van der Waals surface area (Å²) in [5, 5.41) is 10.1. The van der Waals surface area contributed by atoms with Gasteiger partial charge in [-0.2, -0.15) is 0 Å². The number of hydrogen-bond acceptors (Lipinski definition) is 2. The molecular weight excluding hydrogens is 198 g/mol. The highest BCUT2D eigenvalue weighted by atomic mass is 16.3. The van der Waals surface area contributed by atoms with E-state index in [2.05, 4.69) is 31.2 Å². The van der Waals surface area contributed by atoms with E-state index in [1.54, 1.807) is 0 Å². The summed E-state index contributed by atoms with van der Waals surface area (Å²) >= 11 is 0. The van der Waals surface area contributed by atoms with Gasteiger partial charge in [0.2, 0.25) is 0 Å². The van der Waals surface area contributed by atoms with Gasteiger partial charge < -0.3 is 10.8 Å². The average molecular weight is 219 g/mol. The predicted molar refractivity (Wildman–Crippen MR) is 66.4 cm³/mol. The van der Waals surface area contributed by atoms with Crippen molar-refractivity contribution in [2.24, 2.45) is 5.73 Å². The average Bonchev–Trinajstić information content (AvgIpc) is 2.31. The molecule has 0 unspecified atom stereocenters. The number of hydrogen-bond donors (Lipinski definition) is 2. The Hall–Kier alpha value is -0.860. The first-order chi connectivity index (χ1) is 7.64. The summed E-state index contributed by atoms with van der Waals surface area (Å²) in [5.41, 5.74) is 7.82. The van der Waals surface area contributed by atoms with Crippen molar-refractivity contribution in [2.75, 3.05) is 6.54 Å². The van der Waals surface area contributed by atoms with Crippen LogP contribution in [0.15, 0.2) is 24.3 Å². The third-order valence-electron chi connectivity index (χ3n) is 3.92. The number of benzene rings is 1. The van der Waals surface area contributed by atoms with Crippen LogP contribution in [0.5, 0.6) is 0 Å². The molecule has 1 saturated carbocycles. The van der Waals surface area contributed by atoms with Crippen LogP contribution in [-0.2, 0) is 0 Å². The van der Waals surface area contributed by atoms with E-state index < -0.39 is 5.60 Å². The molecular formula is C14H21NO. The molecule has 0 heterocycles. The van der Waals surface area contributed by atoms with Crippen molar-refractivity contribution >= 4 is 0 Å². The first-order valence-electron chi connectivity index (χ1n) is 6.13. The summed E-state index contributed by atoms with van der Waals surface area (Å²) in [7, 11) is 0. The molecule has 3 N–H and O–H groups in total. The number of aliphatic hydroxyl groups is 1. The Morgan fingerprint density at radius 1 is 1.31 bits per heavy atom. The largest absolute Gasteiger partial charge is 0.389 e. The van der Waals surface area contributed by atoms with Crippen LogP contribution in [0.1, 0.15) is 42.7 Å². The van der Waals surface area contributed by atoms with Crippen molar-refractivity contribution in [1.82, 2.24) is 0 Å². The molecule has 0 aliphatic heterocycles. The Morgan fingerprint density at radius 3 is 2.50 bits per heavy atom. The quantitative estimate of drug-likeness (QED) is 0.802. The Labute approximate surface area is 97.5 Å². The van der Waals surface area contributed by atoms with Gasteiger partial charge in [0.25, 0.3) is 0 Å². The van der Waals surface area contributed by atoms with Gasteiger partial charge in [-0.1, -0.05) is 24.3 Å². The molecule has 16 heavy (non-hydrogen) atoms. The monoisotopic (exact) mass is 219 g/mol. The highest BCUT2D eigenvalue weighted by Crippen LogP contribution is 2.38. The molecule has 0 bridgehead atoms. The lowest BCUT2D eigenvalue weighted by Crippen LogP contribution is -2.40. The molecule has 2 rings (SSSR count). The fourth-order valence-electron chi connectivity index (χ4n) is 2.72. The van der Waals surface area contributed by atoms with Crippen molar-refractivity contribution in [1.29, 1.82) is 0 Å². The van der Waals surface area contributed by atoms with Gasteiger partial charge in [-0.15, -0.1) is 0 Å². The maximum Gasteiger partial charge on any atom is 0.0769 e. The second-order valence-electron chi connectivity index (χ2n) is 5.06. The Balaban J connectivity index is 2.07. The summed E-state index contributed by atoms with van der Waals surface area (Å²) in [6.07, 6.45) is 3.78. The summed E-state index contributed by atoms with van der Waals surface area (Å²) in [4.78, 5) is 0. The van der Waals surface area contributed by atoms with Crippen LogP contribution in [0, 0.1) is 6.92 Å². The molecule has 0 atom stereocenters. The fraction of sp³-hybridized carbons (Fsp3) is 0.571. The fourth-order valence-corrected chi connectivity index (χ4v) is 2.72. The van der Waals surface area contributed by atoms with Gasteiger partial charge in [-0.05, 0) is 49.7 Å². The molecule has 0 saturated heterocycles. The summed E-state index contributed by atoms with van der Waals surface area (Å²) in [6, 6.07) is 8.57. The lowest BCUT2D eigenvalue weighted by Gasteiger charge is -2.35. The number of aryl methyl sites for hydroxylation is 1. The third kappa shape index (κ3) is 2.28. The molecule has 0 radical (unpaired) electrons. The van der Waals surface area contributed by atoms with Gasteiger partial charge in [-0.25, -0.2) is 0 Å². The van der Waals surface area contributed by atoms with Gasteiger partial charge in [-0.3, -0.25) is 0 Å². The molecule has 1 aromatic carbocycles. The van der Waals surface area contributed by atoms with Crippen LogP contribution in [0.4, 0.5) is 0 Å². The highest BCUT2D eigenvalue weighted by molar-refractivity contribution is 5.29. The molecule has 0 amide bonds. The molecule has 1 aliphatic rings. The minimum Gasteiger partial charge on any atom is -0.389 e. The predicted octanol–water partition coefficient (Wildman–Crippen LogP) is 2.34. The first-order valence-corrected chi connectivity index (χ1v) is 6.13. The van der Waals surface area contributed by atoms with Crippen LogP contribution < -0.4 is 5.73 Å². The lowest BCUT2D eigenvalue weighted by molar-refractivity contribution is 0.00761. The topological polar surface area (TPSA) is 46.2 Å². The summed E-state index contributed by atoms with van der Waals surface area (Å²) in [6.45, 7) is 2.56. The van der Waals surface area contributed by atoms with Crippen molar-refractivity contribution < 1.29 is 5.11 Å². The number of nitrogens with two attached hydrogens (primary N) is 1. The zero-order valence-corrected chi connectivity index (χ0v) is 9.95. The van der Waals surface area contributed by atoms with Crippen molar-refractivity contribution in [3.05, 3.63) is 35.4 Å². The smallest absolute Gasteiger partial charge is 0.0769 e. The molecule has 1 aromatic rings. The number of rotatable bonds is 2. The van der Waals surface area contributed by atoms with E-state index in [9.17, 15) is 5.11 Å². The highest BCUT2D eigenvalue weighted by Gasteiger charge is 2.32. The van der Waals surface area contributed by atoms with E-state index in [0.717, 1.165) is 25.7 Å². The van der Waals surface area contributed by atoms with Gasteiger partial charge >= 0.3 is 0 Å². The molecule has 2 heteroatoms. The third-order valence-corrected chi connectivity index (χ3v) is 3.92. The second-order valence-corrected chi connectivity index (χ2v) is 5.06. The van der Waals surface area contributed by atoms with Crippen molar-refractivity contribution in [3.63, 3.8) is 0 Å². The molecule has 2 nitrogen and oxygen atoms in total. The SMILES string of the molecule is Cc1ccccc1C1CCC(O)(CN)CC1. The Bertz CT molecular complexity index is 354. The van der Waals surface area contributed by atoms with E-state index in [1.807, 2.05) is 0 Å². The van der Waals surface area contributed by atoms with Crippen LogP contribution in [0.25, 0.3) is 0 Å².